The first-order valence-electron chi connectivity index (χ1n) is 10.6. The van der Waals surface area contributed by atoms with E-state index in [0.29, 0.717) is 5.75 Å². The molecule has 6 nitrogen and oxygen atoms in total. The Labute approximate surface area is 201 Å². The normalized spacial score (nSPS) is 11.0. The van der Waals surface area contributed by atoms with Crippen molar-refractivity contribution in [2.75, 3.05) is 6.61 Å². The predicted octanol–water partition coefficient (Wildman–Crippen LogP) is 5.39. The largest absolute Gasteiger partial charge is 0.484 e. The van der Waals surface area contributed by atoms with Crippen LogP contribution in [0.1, 0.15) is 18.1 Å². The van der Waals surface area contributed by atoms with Crippen LogP contribution in [0.5, 0.6) is 5.75 Å². The molecule has 0 spiro atoms. The lowest BCUT2D eigenvalue weighted by atomic mass is 10.1. The van der Waals surface area contributed by atoms with Crippen molar-refractivity contribution in [3.05, 3.63) is 101 Å². The maximum absolute atomic E-state index is 12.2. The SMILES string of the molecule is CCc1ccc(OCC(=O)N/N=C\c2cn(-c3ccccc3)nc2-c2ccc(Br)cc2)cc1. The van der Waals surface area contributed by atoms with Crippen LogP contribution in [0, 0.1) is 0 Å². The molecule has 0 bridgehead atoms. The molecule has 0 saturated carbocycles. The highest BCUT2D eigenvalue weighted by Gasteiger charge is 2.11. The second kappa shape index (κ2) is 10.7. The van der Waals surface area contributed by atoms with E-state index in [-0.39, 0.29) is 12.5 Å². The Balaban J connectivity index is 1.46. The molecule has 0 atom stereocenters. The quantitative estimate of drug-likeness (QED) is 0.259. The third-order valence-corrected chi connectivity index (χ3v) is 5.50. The van der Waals surface area contributed by atoms with Crippen molar-refractivity contribution in [2.24, 2.45) is 5.10 Å². The molecule has 1 aromatic heterocycles. The van der Waals surface area contributed by atoms with Gasteiger partial charge in [-0.25, -0.2) is 10.1 Å². The fourth-order valence-electron chi connectivity index (χ4n) is 3.20. The van der Waals surface area contributed by atoms with E-state index in [2.05, 4.69) is 33.4 Å². The molecule has 1 heterocycles. The molecule has 4 rings (SSSR count). The molecule has 1 amide bonds. The van der Waals surface area contributed by atoms with Crippen LogP contribution >= 0.6 is 15.9 Å². The number of benzene rings is 3. The molecular weight excluding hydrogens is 480 g/mol. The van der Waals surface area contributed by atoms with Gasteiger partial charge in [-0.15, -0.1) is 0 Å². The highest BCUT2D eigenvalue weighted by molar-refractivity contribution is 9.10. The Morgan fingerprint density at radius 2 is 1.79 bits per heavy atom. The summed E-state index contributed by atoms with van der Waals surface area (Å²) >= 11 is 3.46. The summed E-state index contributed by atoms with van der Waals surface area (Å²) in [6.07, 6.45) is 4.44. The Hall–Kier alpha value is -3.71. The van der Waals surface area contributed by atoms with Gasteiger partial charge in [-0.1, -0.05) is 65.3 Å². The molecule has 33 heavy (non-hydrogen) atoms. The van der Waals surface area contributed by atoms with Crippen LogP contribution < -0.4 is 10.2 Å². The third-order valence-electron chi connectivity index (χ3n) is 4.98. The summed E-state index contributed by atoms with van der Waals surface area (Å²) in [6, 6.07) is 25.4. The first-order valence-corrected chi connectivity index (χ1v) is 11.4. The van der Waals surface area contributed by atoms with Gasteiger partial charge in [0.2, 0.25) is 0 Å². The molecule has 3 aromatic carbocycles. The van der Waals surface area contributed by atoms with E-state index in [1.807, 2.05) is 85.1 Å². The van der Waals surface area contributed by atoms with Crippen LogP contribution in [0.3, 0.4) is 0 Å². The number of hydrogen-bond donors (Lipinski definition) is 1. The van der Waals surface area contributed by atoms with Crippen molar-refractivity contribution < 1.29 is 9.53 Å². The average molecular weight is 503 g/mol. The molecule has 0 fully saturated rings. The van der Waals surface area contributed by atoms with E-state index in [4.69, 9.17) is 9.84 Å². The summed E-state index contributed by atoms with van der Waals surface area (Å²) in [5, 5.41) is 8.87. The lowest BCUT2D eigenvalue weighted by Gasteiger charge is -2.05. The monoisotopic (exact) mass is 502 g/mol. The summed E-state index contributed by atoms with van der Waals surface area (Å²) in [5.74, 6) is 0.305. The first-order chi connectivity index (χ1) is 16.1. The van der Waals surface area contributed by atoms with Crippen LogP contribution in [0.2, 0.25) is 0 Å². The van der Waals surface area contributed by atoms with E-state index in [1.54, 1.807) is 10.9 Å². The number of aryl methyl sites for hydroxylation is 1. The zero-order valence-electron chi connectivity index (χ0n) is 18.1. The molecule has 0 radical (unpaired) electrons. The minimum atomic E-state index is -0.341. The number of carbonyl (C=O) groups is 1. The molecule has 1 N–H and O–H groups in total. The number of aromatic nitrogens is 2. The van der Waals surface area contributed by atoms with E-state index >= 15 is 0 Å². The number of halogens is 1. The van der Waals surface area contributed by atoms with Crippen molar-refractivity contribution in [1.82, 2.24) is 15.2 Å². The predicted molar refractivity (Wildman–Crippen MR) is 134 cm³/mol. The van der Waals surface area contributed by atoms with Gasteiger partial charge in [0.1, 0.15) is 11.4 Å². The maximum Gasteiger partial charge on any atom is 0.277 e. The van der Waals surface area contributed by atoms with Crippen LogP contribution in [0.15, 0.2) is 94.6 Å². The minimum Gasteiger partial charge on any atom is -0.484 e. The molecule has 166 valence electrons. The molecular formula is C26H23BrN4O2. The second-order valence-corrected chi connectivity index (χ2v) is 8.22. The van der Waals surface area contributed by atoms with Gasteiger partial charge < -0.3 is 4.74 Å². The summed E-state index contributed by atoms with van der Waals surface area (Å²) < 4.78 is 8.31. The first kappa shape index (κ1) is 22.5. The third kappa shape index (κ3) is 5.96. The number of amides is 1. The van der Waals surface area contributed by atoms with Crippen molar-refractivity contribution in [3.63, 3.8) is 0 Å². The fraction of sp³-hybridized carbons (Fsp3) is 0.115. The Kier molecular flexibility index (Phi) is 7.32. The molecule has 0 aliphatic heterocycles. The summed E-state index contributed by atoms with van der Waals surface area (Å²) in [7, 11) is 0. The number of hydrogen-bond acceptors (Lipinski definition) is 4. The maximum atomic E-state index is 12.2. The van der Waals surface area contributed by atoms with Gasteiger partial charge in [-0.2, -0.15) is 10.2 Å². The number of carbonyl (C=O) groups excluding carboxylic acids is 1. The van der Waals surface area contributed by atoms with Gasteiger partial charge in [0.05, 0.1) is 11.9 Å². The summed E-state index contributed by atoms with van der Waals surface area (Å²) in [4.78, 5) is 12.2. The Morgan fingerprint density at radius 1 is 1.06 bits per heavy atom. The number of nitrogens with one attached hydrogen (secondary N) is 1. The van der Waals surface area contributed by atoms with Crippen molar-refractivity contribution in [2.45, 2.75) is 13.3 Å². The minimum absolute atomic E-state index is 0.119. The molecule has 0 saturated heterocycles. The van der Waals surface area contributed by atoms with E-state index < -0.39 is 0 Å². The molecule has 4 aromatic rings. The van der Waals surface area contributed by atoms with Gasteiger partial charge in [0.15, 0.2) is 6.61 Å². The van der Waals surface area contributed by atoms with Crippen molar-refractivity contribution in [3.8, 4) is 22.7 Å². The van der Waals surface area contributed by atoms with E-state index in [9.17, 15) is 4.79 Å². The van der Waals surface area contributed by atoms with Gasteiger partial charge in [-0.05, 0) is 48.4 Å². The molecule has 0 aliphatic carbocycles. The Bertz CT molecular complexity index is 1230. The number of nitrogens with zero attached hydrogens (tertiary/aromatic N) is 3. The van der Waals surface area contributed by atoms with E-state index in [0.717, 1.165) is 33.4 Å². The molecule has 0 aliphatic rings. The lowest BCUT2D eigenvalue weighted by molar-refractivity contribution is -0.123. The lowest BCUT2D eigenvalue weighted by Crippen LogP contribution is -2.24. The van der Waals surface area contributed by atoms with E-state index in [1.165, 1.54) is 5.56 Å². The van der Waals surface area contributed by atoms with Crippen LogP contribution in [0.4, 0.5) is 0 Å². The van der Waals surface area contributed by atoms with Crippen molar-refractivity contribution in [1.29, 1.82) is 0 Å². The smallest absolute Gasteiger partial charge is 0.277 e. The fourth-order valence-corrected chi connectivity index (χ4v) is 3.47. The standard InChI is InChI=1S/C26H23BrN4O2/c1-2-19-8-14-24(15-9-19)33-18-25(32)29-28-16-21-17-31(23-6-4-3-5-7-23)30-26(21)20-10-12-22(27)13-11-20/h3-17H,2,18H2,1H3,(H,29,32)/b28-16-. The topological polar surface area (TPSA) is 68.5 Å². The highest BCUT2D eigenvalue weighted by Crippen LogP contribution is 2.24. The summed E-state index contributed by atoms with van der Waals surface area (Å²) in [6.45, 7) is 1.97. The van der Waals surface area contributed by atoms with Crippen LogP contribution in [-0.4, -0.2) is 28.5 Å². The molecule has 0 unspecified atom stereocenters. The van der Waals surface area contributed by atoms with Gasteiger partial charge in [0.25, 0.3) is 5.91 Å². The number of para-hydroxylation sites is 1. The average Bonchev–Trinajstić information content (AvgIpc) is 3.28. The van der Waals surface area contributed by atoms with Gasteiger partial charge in [0, 0.05) is 21.8 Å². The van der Waals surface area contributed by atoms with Crippen molar-refractivity contribution >= 4 is 28.1 Å². The number of ether oxygens (including phenoxy) is 1. The summed E-state index contributed by atoms with van der Waals surface area (Å²) in [5.41, 5.74) is 7.15. The van der Waals surface area contributed by atoms with Gasteiger partial charge >= 0.3 is 0 Å². The zero-order valence-corrected chi connectivity index (χ0v) is 19.7. The zero-order chi connectivity index (χ0) is 23.0. The highest BCUT2D eigenvalue weighted by atomic mass is 79.9. The van der Waals surface area contributed by atoms with Crippen LogP contribution in [-0.2, 0) is 11.2 Å². The number of rotatable bonds is 8. The van der Waals surface area contributed by atoms with Gasteiger partial charge in [-0.3, -0.25) is 4.79 Å². The Morgan fingerprint density at radius 3 is 2.48 bits per heavy atom. The molecule has 7 heteroatoms. The van der Waals surface area contributed by atoms with Crippen LogP contribution in [0.25, 0.3) is 16.9 Å². The second-order valence-electron chi connectivity index (χ2n) is 7.30. The number of hydrazone groups is 1.